The van der Waals surface area contributed by atoms with Gasteiger partial charge in [-0.2, -0.15) is 0 Å². The maximum atomic E-state index is 11.6. The second kappa shape index (κ2) is 10.2. The average molecular weight is 281 g/mol. The van der Waals surface area contributed by atoms with Gasteiger partial charge < -0.3 is 20.5 Å². The van der Waals surface area contributed by atoms with Crippen LogP contribution < -0.4 is 11.1 Å². The summed E-state index contributed by atoms with van der Waals surface area (Å²) < 4.78 is 10.2. The summed E-state index contributed by atoms with van der Waals surface area (Å²) in [6, 6.07) is 3.51. The Hall–Kier alpha value is -1.66. The molecule has 0 saturated heterocycles. The van der Waals surface area contributed by atoms with Crippen LogP contribution in [0.5, 0.6) is 0 Å². The van der Waals surface area contributed by atoms with E-state index in [0.29, 0.717) is 32.1 Å². The fraction of sp³-hybridized carbons (Fsp3) is 0.571. The van der Waals surface area contributed by atoms with Crippen molar-refractivity contribution in [1.82, 2.24) is 10.3 Å². The zero-order valence-corrected chi connectivity index (χ0v) is 11.9. The third-order valence-electron chi connectivity index (χ3n) is 2.66. The Morgan fingerprint density at radius 3 is 2.85 bits per heavy atom. The fourth-order valence-electron chi connectivity index (χ4n) is 1.57. The van der Waals surface area contributed by atoms with Crippen molar-refractivity contribution in [2.24, 2.45) is 0 Å². The van der Waals surface area contributed by atoms with Gasteiger partial charge in [0.1, 0.15) is 0 Å². The summed E-state index contributed by atoms with van der Waals surface area (Å²) in [6.07, 6.45) is 3.66. The van der Waals surface area contributed by atoms with E-state index in [2.05, 4.69) is 10.3 Å². The number of carbonyl (C=O) groups is 1. The molecule has 6 heteroatoms. The van der Waals surface area contributed by atoms with Crippen LogP contribution >= 0.6 is 0 Å². The summed E-state index contributed by atoms with van der Waals surface area (Å²) in [7, 11) is 1.65. The SMILES string of the molecule is COCCOCCCCNC(=O)Cc1ccc(N)cn1. The molecule has 1 aromatic rings. The van der Waals surface area contributed by atoms with Crippen LogP contribution in [0.4, 0.5) is 5.69 Å². The summed E-state index contributed by atoms with van der Waals surface area (Å²) in [4.78, 5) is 15.7. The molecule has 0 radical (unpaired) electrons. The second-order valence-electron chi connectivity index (χ2n) is 4.42. The van der Waals surface area contributed by atoms with Gasteiger partial charge in [-0.3, -0.25) is 9.78 Å². The fourth-order valence-corrected chi connectivity index (χ4v) is 1.57. The van der Waals surface area contributed by atoms with Crippen molar-refractivity contribution in [3.8, 4) is 0 Å². The molecule has 20 heavy (non-hydrogen) atoms. The predicted molar refractivity (Wildman–Crippen MR) is 77.3 cm³/mol. The Morgan fingerprint density at radius 2 is 2.15 bits per heavy atom. The molecule has 0 bridgehead atoms. The average Bonchev–Trinajstić information content (AvgIpc) is 2.44. The Bertz CT molecular complexity index is 382. The van der Waals surface area contributed by atoms with Crippen molar-refractivity contribution >= 4 is 11.6 Å². The molecule has 0 aliphatic heterocycles. The van der Waals surface area contributed by atoms with Gasteiger partial charge in [0.2, 0.25) is 5.91 Å². The van der Waals surface area contributed by atoms with Gasteiger partial charge in [-0.05, 0) is 25.0 Å². The molecule has 1 heterocycles. The Labute approximate surface area is 119 Å². The minimum absolute atomic E-state index is 0.0254. The molecule has 112 valence electrons. The van der Waals surface area contributed by atoms with Crippen LogP contribution in [0, 0.1) is 0 Å². The molecular formula is C14H23N3O3. The second-order valence-corrected chi connectivity index (χ2v) is 4.42. The van der Waals surface area contributed by atoms with Crippen LogP contribution in [0.2, 0.25) is 0 Å². The quantitative estimate of drug-likeness (QED) is 0.618. The molecular weight excluding hydrogens is 258 g/mol. The molecule has 6 nitrogen and oxygen atoms in total. The molecule has 1 amide bonds. The van der Waals surface area contributed by atoms with Gasteiger partial charge in [-0.1, -0.05) is 0 Å². The van der Waals surface area contributed by atoms with E-state index in [1.807, 2.05) is 0 Å². The highest BCUT2D eigenvalue weighted by Gasteiger charge is 2.03. The summed E-state index contributed by atoms with van der Waals surface area (Å²) in [5.74, 6) is -0.0254. The first-order valence-electron chi connectivity index (χ1n) is 6.76. The van der Waals surface area contributed by atoms with Crippen LogP contribution in [0.1, 0.15) is 18.5 Å². The van der Waals surface area contributed by atoms with Crippen molar-refractivity contribution in [3.05, 3.63) is 24.0 Å². The van der Waals surface area contributed by atoms with E-state index in [4.69, 9.17) is 15.2 Å². The summed E-state index contributed by atoms with van der Waals surface area (Å²) in [6.45, 7) is 2.58. The lowest BCUT2D eigenvalue weighted by atomic mass is 10.2. The van der Waals surface area contributed by atoms with Gasteiger partial charge in [-0.25, -0.2) is 0 Å². The molecule has 0 spiro atoms. The highest BCUT2D eigenvalue weighted by molar-refractivity contribution is 5.78. The highest BCUT2D eigenvalue weighted by atomic mass is 16.5. The molecule has 0 unspecified atom stereocenters. The van der Waals surface area contributed by atoms with E-state index in [1.165, 1.54) is 0 Å². The van der Waals surface area contributed by atoms with Crippen molar-refractivity contribution < 1.29 is 14.3 Å². The van der Waals surface area contributed by atoms with Gasteiger partial charge in [0.25, 0.3) is 0 Å². The van der Waals surface area contributed by atoms with Crippen LogP contribution in [0.3, 0.4) is 0 Å². The van der Waals surface area contributed by atoms with Crippen molar-refractivity contribution in [2.45, 2.75) is 19.3 Å². The Kier molecular flexibility index (Phi) is 8.33. The highest BCUT2D eigenvalue weighted by Crippen LogP contribution is 2.01. The third kappa shape index (κ3) is 7.70. The largest absolute Gasteiger partial charge is 0.397 e. The number of carbonyl (C=O) groups excluding carboxylic acids is 1. The lowest BCUT2D eigenvalue weighted by Gasteiger charge is -2.06. The minimum Gasteiger partial charge on any atom is -0.397 e. The maximum Gasteiger partial charge on any atom is 0.226 e. The minimum atomic E-state index is -0.0254. The molecule has 0 fully saturated rings. The predicted octanol–water partition coefficient (Wildman–Crippen LogP) is 0.766. The van der Waals surface area contributed by atoms with Gasteiger partial charge in [0.05, 0.1) is 31.5 Å². The molecule has 1 rings (SSSR count). The topological polar surface area (TPSA) is 86.5 Å². The normalized spacial score (nSPS) is 10.4. The van der Waals surface area contributed by atoms with Gasteiger partial charge in [0.15, 0.2) is 0 Å². The molecule has 0 aliphatic rings. The summed E-state index contributed by atoms with van der Waals surface area (Å²) >= 11 is 0. The van der Waals surface area contributed by atoms with Crippen molar-refractivity contribution in [2.75, 3.05) is 39.2 Å². The number of amides is 1. The standard InChI is InChI=1S/C14H23N3O3/c1-19-8-9-20-7-3-2-6-16-14(18)10-13-5-4-12(15)11-17-13/h4-5,11H,2-3,6-10,15H2,1H3,(H,16,18). The first-order chi connectivity index (χ1) is 9.72. The number of nitrogens with zero attached hydrogens (tertiary/aromatic N) is 1. The lowest BCUT2D eigenvalue weighted by molar-refractivity contribution is -0.120. The molecule has 0 atom stereocenters. The number of nitrogens with one attached hydrogen (secondary N) is 1. The first kappa shape index (κ1) is 16.4. The number of hydrogen-bond acceptors (Lipinski definition) is 5. The van der Waals surface area contributed by atoms with E-state index < -0.39 is 0 Å². The number of methoxy groups -OCH3 is 1. The number of ether oxygens (including phenoxy) is 2. The van der Waals surface area contributed by atoms with E-state index in [1.54, 1.807) is 25.4 Å². The number of nitrogen functional groups attached to an aromatic ring is 1. The van der Waals surface area contributed by atoms with Gasteiger partial charge >= 0.3 is 0 Å². The number of aromatic nitrogens is 1. The molecule has 3 N–H and O–H groups in total. The number of unbranched alkanes of at least 4 members (excludes halogenated alkanes) is 1. The number of hydrogen-bond donors (Lipinski definition) is 2. The number of rotatable bonds is 10. The van der Waals surface area contributed by atoms with Crippen LogP contribution in [0.15, 0.2) is 18.3 Å². The molecule has 0 saturated carbocycles. The maximum absolute atomic E-state index is 11.6. The van der Waals surface area contributed by atoms with Crippen LogP contribution in [-0.4, -0.2) is 44.4 Å². The Balaban J connectivity index is 2.01. The lowest BCUT2D eigenvalue weighted by Crippen LogP contribution is -2.26. The third-order valence-corrected chi connectivity index (χ3v) is 2.66. The summed E-state index contributed by atoms with van der Waals surface area (Å²) in [5, 5.41) is 2.86. The van der Waals surface area contributed by atoms with Gasteiger partial charge in [0, 0.05) is 26.0 Å². The zero-order valence-electron chi connectivity index (χ0n) is 11.9. The van der Waals surface area contributed by atoms with E-state index in [-0.39, 0.29) is 12.3 Å². The Morgan fingerprint density at radius 1 is 1.30 bits per heavy atom. The van der Waals surface area contributed by atoms with Crippen molar-refractivity contribution in [3.63, 3.8) is 0 Å². The van der Waals surface area contributed by atoms with E-state index in [0.717, 1.165) is 18.5 Å². The van der Waals surface area contributed by atoms with Crippen LogP contribution in [-0.2, 0) is 20.7 Å². The zero-order chi connectivity index (χ0) is 14.6. The number of pyridine rings is 1. The summed E-state index contributed by atoms with van der Waals surface area (Å²) in [5.41, 5.74) is 6.85. The van der Waals surface area contributed by atoms with E-state index >= 15 is 0 Å². The number of nitrogens with two attached hydrogens (primary N) is 1. The molecule has 1 aromatic heterocycles. The molecule has 0 aliphatic carbocycles. The monoisotopic (exact) mass is 281 g/mol. The smallest absolute Gasteiger partial charge is 0.226 e. The van der Waals surface area contributed by atoms with E-state index in [9.17, 15) is 4.79 Å². The molecule has 0 aromatic carbocycles. The first-order valence-corrected chi connectivity index (χ1v) is 6.76. The van der Waals surface area contributed by atoms with Crippen LogP contribution in [0.25, 0.3) is 0 Å². The van der Waals surface area contributed by atoms with Gasteiger partial charge in [-0.15, -0.1) is 0 Å². The van der Waals surface area contributed by atoms with Crippen molar-refractivity contribution in [1.29, 1.82) is 0 Å². The number of anilines is 1.